The van der Waals surface area contributed by atoms with Crippen molar-refractivity contribution in [2.24, 2.45) is 0 Å². The van der Waals surface area contributed by atoms with Crippen molar-refractivity contribution in [2.75, 3.05) is 6.54 Å². The summed E-state index contributed by atoms with van der Waals surface area (Å²) in [7, 11) is 0. The molecule has 168 valence electrons. The number of halogens is 1. The van der Waals surface area contributed by atoms with Gasteiger partial charge in [-0.3, -0.25) is 4.79 Å². The van der Waals surface area contributed by atoms with Gasteiger partial charge in [0.25, 0.3) is 5.91 Å². The highest BCUT2D eigenvalue weighted by atomic mass is 35.5. The number of hydrogen-bond acceptors (Lipinski definition) is 6. The molecule has 1 fully saturated rings. The van der Waals surface area contributed by atoms with Crippen LogP contribution in [0.1, 0.15) is 51.8 Å². The number of carbonyl (C=O) groups excluding carboxylic acids is 1. The summed E-state index contributed by atoms with van der Waals surface area (Å²) in [5, 5.41) is 13.3. The van der Waals surface area contributed by atoms with E-state index in [9.17, 15) is 4.79 Å². The van der Waals surface area contributed by atoms with E-state index in [4.69, 9.17) is 16.1 Å². The topological polar surface area (TPSA) is 89.9 Å². The van der Waals surface area contributed by atoms with E-state index in [1.54, 1.807) is 17.3 Å². The maximum absolute atomic E-state index is 13.7. The van der Waals surface area contributed by atoms with Gasteiger partial charge in [0.05, 0.1) is 23.6 Å². The molecule has 5 rings (SSSR count). The van der Waals surface area contributed by atoms with Crippen LogP contribution < -0.4 is 0 Å². The normalized spacial score (nSPS) is 15.9. The molecule has 0 aliphatic carbocycles. The molecule has 9 heteroatoms. The lowest BCUT2D eigenvalue weighted by Gasteiger charge is -2.23. The third-order valence-corrected chi connectivity index (χ3v) is 6.64. The van der Waals surface area contributed by atoms with Crippen molar-refractivity contribution in [3.63, 3.8) is 0 Å². The summed E-state index contributed by atoms with van der Waals surface area (Å²) in [5.74, 6) is 0.793. The lowest BCUT2D eigenvalue weighted by molar-refractivity contribution is 0.0709. The molecule has 8 nitrogen and oxygen atoms in total. The van der Waals surface area contributed by atoms with Crippen molar-refractivity contribution in [2.45, 2.75) is 39.7 Å². The van der Waals surface area contributed by atoms with Gasteiger partial charge in [-0.25, -0.2) is 0 Å². The molecule has 0 N–H and O–H groups in total. The summed E-state index contributed by atoms with van der Waals surface area (Å²) in [6.07, 6.45) is 4.80. The SMILES string of the molecule is Cc1cc(C(=O)N2CCCC2c2nc(-c3cccc(Cl)c3C)no2)c(-n2nccn2)cc1C. The van der Waals surface area contributed by atoms with Crippen LogP contribution in [0.15, 0.2) is 47.2 Å². The zero-order chi connectivity index (χ0) is 23.1. The Balaban J connectivity index is 1.49. The molecule has 33 heavy (non-hydrogen) atoms. The highest BCUT2D eigenvalue weighted by Gasteiger charge is 2.36. The molecule has 1 aliphatic heterocycles. The first kappa shape index (κ1) is 21.3. The first-order valence-corrected chi connectivity index (χ1v) is 11.2. The van der Waals surface area contributed by atoms with Crippen LogP contribution in [-0.2, 0) is 0 Å². The second kappa shape index (κ2) is 8.44. The van der Waals surface area contributed by atoms with Crippen LogP contribution in [0.2, 0.25) is 5.02 Å². The van der Waals surface area contributed by atoms with Gasteiger partial charge in [0.1, 0.15) is 6.04 Å². The van der Waals surface area contributed by atoms with E-state index < -0.39 is 0 Å². The molecule has 1 unspecified atom stereocenters. The number of carbonyl (C=O) groups is 1. The molecule has 2 aromatic carbocycles. The van der Waals surface area contributed by atoms with Crippen LogP contribution in [0.3, 0.4) is 0 Å². The number of aromatic nitrogens is 5. The Morgan fingerprint density at radius 1 is 1.12 bits per heavy atom. The summed E-state index contributed by atoms with van der Waals surface area (Å²) in [6, 6.07) is 9.15. The van der Waals surface area contributed by atoms with Crippen molar-refractivity contribution in [3.05, 3.63) is 75.9 Å². The molecule has 1 aliphatic rings. The van der Waals surface area contributed by atoms with Gasteiger partial charge in [-0.15, -0.1) is 0 Å². The molecule has 1 saturated heterocycles. The number of hydrogen-bond donors (Lipinski definition) is 0. The molecule has 0 spiro atoms. The molecular weight excluding hydrogens is 440 g/mol. The minimum Gasteiger partial charge on any atom is -0.337 e. The van der Waals surface area contributed by atoms with E-state index in [0.29, 0.717) is 34.5 Å². The van der Waals surface area contributed by atoms with E-state index in [0.717, 1.165) is 35.1 Å². The fourth-order valence-electron chi connectivity index (χ4n) is 4.23. The van der Waals surface area contributed by atoms with Crippen LogP contribution >= 0.6 is 11.6 Å². The Morgan fingerprint density at radius 2 is 1.88 bits per heavy atom. The highest BCUT2D eigenvalue weighted by molar-refractivity contribution is 6.31. The molecule has 0 bridgehead atoms. The monoisotopic (exact) mass is 462 g/mol. The second-order valence-corrected chi connectivity index (χ2v) is 8.70. The predicted molar refractivity (Wildman–Crippen MR) is 123 cm³/mol. The zero-order valence-corrected chi connectivity index (χ0v) is 19.4. The Bertz CT molecular complexity index is 1330. The van der Waals surface area contributed by atoms with Crippen molar-refractivity contribution in [3.8, 4) is 17.1 Å². The lowest BCUT2D eigenvalue weighted by Crippen LogP contribution is -2.32. The Morgan fingerprint density at radius 3 is 2.67 bits per heavy atom. The maximum atomic E-state index is 13.7. The zero-order valence-electron chi connectivity index (χ0n) is 18.6. The second-order valence-electron chi connectivity index (χ2n) is 8.30. The van der Waals surface area contributed by atoms with E-state index in [1.807, 2.05) is 51.1 Å². The molecule has 4 aromatic rings. The van der Waals surface area contributed by atoms with Gasteiger partial charge < -0.3 is 9.42 Å². The molecule has 1 amide bonds. The average Bonchev–Trinajstić information content (AvgIpc) is 3.58. The number of aryl methyl sites for hydroxylation is 2. The van der Waals surface area contributed by atoms with Crippen molar-refractivity contribution in [1.29, 1.82) is 0 Å². The number of likely N-dealkylation sites (tertiary alicyclic amines) is 1. The fraction of sp³-hybridized carbons (Fsp3) is 0.292. The van der Waals surface area contributed by atoms with E-state index in [1.165, 1.54) is 4.80 Å². The van der Waals surface area contributed by atoms with Gasteiger partial charge in [0.15, 0.2) is 0 Å². The predicted octanol–water partition coefficient (Wildman–Crippen LogP) is 4.87. The number of rotatable bonds is 4. The Hall–Kier alpha value is -3.52. The van der Waals surface area contributed by atoms with Crippen molar-refractivity contribution in [1.82, 2.24) is 30.0 Å². The van der Waals surface area contributed by atoms with Crippen LogP contribution in [0.4, 0.5) is 0 Å². The summed E-state index contributed by atoms with van der Waals surface area (Å²) in [5.41, 5.74) is 5.00. The Kier molecular flexibility index (Phi) is 5.46. The van der Waals surface area contributed by atoms with Crippen LogP contribution in [-0.4, -0.2) is 42.5 Å². The average molecular weight is 463 g/mol. The summed E-state index contributed by atoms with van der Waals surface area (Å²) in [4.78, 5) is 21.7. The lowest BCUT2D eigenvalue weighted by atomic mass is 10.0. The first-order valence-electron chi connectivity index (χ1n) is 10.8. The molecule has 2 aromatic heterocycles. The molecular formula is C24H23ClN6O2. The third-order valence-electron chi connectivity index (χ3n) is 6.23. The number of amides is 1. The minimum absolute atomic E-state index is 0.105. The summed E-state index contributed by atoms with van der Waals surface area (Å²) in [6.45, 7) is 6.53. The van der Waals surface area contributed by atoms with Gasteiger partial charge in [0.2, 0.25) is 11.7 Å². The van der Waals surface area contributed by atoms with E-state index in [2.05, 4.69) is 20.3 Å². The molecule has 3 heterocycles. The van der Waals surface area contributed by atoms with Crippen molar-refractivity contribution >= 4 is 17.5 Å². The van der Waals surface area contributed by atoms with E-state index >= 15 is 0 Å². The summed E-state index contributed by atoms with van der Waals surface area (Å²) >= 11 is 6.26. The maximum Gasteiger partial charge on any atom is 0.256 e. The van der Waals surface area contributed by atoms with Gasteiger partial charge in [-0.2, -0.15) is 20.0 Å². The van der Waals surface area contributed by atoms with Gasteiger partial charge in [0, 0.05) is 17.1 Å². The summed E-state index contributed by atoms with van der Waals surface area (Å²) < 4.78 is 5.63. The van der Waals surface area contributed by atoms with Crippen LogP contribution in [0.25, 0.3) is 17.1 Å². The number of benzene rings is 2. The highest BCUT2D eigenvalue weighted by Crippen LogP contribution is 2.35. The Labute approximate surface area is 196 Å². The van der Waals surface area contributed by atoms with Crippen molar-refractivity contribution < 1.29 is 9.32 Å². The smallest absolute Gasteiger partial charge is 0.256 e. The molecule has 1 atom stereocenters. The largest absolute Gasteiger partial charge is 0.337 e. The van der Waals surface area contributed by atoms with Gasteiger partial charge in [-0.1, -0.05) is 28.9 Å². The van der Waals surface area contributed by atoms with E-state index in [-0.39, 0.29) is 11.9 Å². The third kappa shape index (κ3) is 3.80. The fourth-order valence-corrected chi connectivity index (χ4v) is 4.40. The first-order chi connectivity index (χ1) is 15.9. The van der Waals surface area contributed by atoms with Crippen LogP contribution in [0.5, 0.6) is 0 Å². The molecule has 0 saturated carbocycles. The van der Waals surface area contributed by atoms with Gasteiger partial charge >= 0.3 is 0 Å². The van der Waals surface area contributed by atoms with Gasteiger partial charge in [-0.05, 0) is 68.5 Å². The quantitative estimate of drug-likeness (QED) is 0.429. The minimum atomic E-state index is -0.293. The number of nitrogens with zero attached hydrogens (tertiary/aromatic N) is 6. The standard InChI is InChI=1S/C24H23ClN6O2/c1-14-12-18(21(13-15(14)2)31-26-9-10-27-31)24(32)30-11-5-8-20(30)23-28-22(29-33-23)17-6-4-7-19(25)16(17)3/h4,6-7,9-10,12-13,20H,5,8,11H2,1-3H3. The molecule has 0 radical (unpaired) electrons. The van der Waals surface area contributed by atoms with Crippen LogP contribution in [0, 0.1) is 20.8 Å².